The van der Waals surface area contributed by atoms with Crippen molar-refractivity contribution in [2.45, 2.75) is 18.6 Å². The number of carbonyl (C=O) groups is 2. The van der Waals surface area contributed by atoms with Crippen LogP contribution in [0.1, 0.15) is 6.92 Å². The molecule has 5 nitrogen and oxygen atoms in total. The van der Waals surface area contributed by atoms with Gasteiger partial charge in [-0.1, -0.05) is 0 Å². The monoisotopic (exact) mass is 372 g/mol. The molecule has 1 aromatic rings. The van der Waals surface area contributed by atoms with Gasteiger partial charge in [-0.25, -0.2) is 14.0 Å². The van der Waals surface area contributed by atoms with E-state index in [0.717, 1.165) is 18.2 Å². The summed E-state index contributed by atoms with van der Waals surface area (Å²) in [7, 11) is 0. The predicted octanol–water partition coefficient (Wildman–Crippen LogP) is 3.12. The van der Waals surface area contributed by atoms with Crippen molar-refractivity contribution in [2.24, 2.45) is 0 Å². The van der Waals surface area contributed by atoms with E-state index in [9.17, 15) is 27.2 Å². The highest BCUT2D eigenvalue weighted by atomic mass is 79.9. The van der Waals surface area contributed by atoms with Gasteiger partial charge in [0, 0.05) is 4.47 Å². The SMILES string of the molecule is CC(NC(=O)Nc1ccc(F)cc1Br)(C(=O)O)C(F)(F)F. The van der Waals surface area contributed by atoms with Crippen molar-refractivity contribution in [3.8, 4) is 0 Å². The van der Waals surface area contributed by atoms with Gasteiger partial charge in [-0.3, -0.25) is 0 Å². The Morgan fingerprint density at radius 3 is 2.29 bits per heavy atom. The molecule has 0 fully saturated rings. The van der Waals surface area contributed by atoms with Crippen molar-refractivity contribution < 1.29 is 32.3 Å². The van der Waals surface area contributed by atoms with Gasteiger partial charge in [0.15, 0.2) is 0 Å². The van der Waals surface area contributed by atoms with E-state index in [1.807, 2.05) is 5.32 Å². The molecule has 10 heteroatoms. The topological polar surface area (TPSA) is 78.4 Å². The Balaban J connectivity index is 2.92. The molecule has 0 saturated heterocycles. The average Bonchev–Trinajstić information content (AvgIpc) is 2.31. The Kier molecular flexibility index (Phi) is 4.82. The largest absolute Gasteiger partial charge is 0.479 e. The maximum absolute atomic E-state index is 12.8. The highest BCUT2D eigenvalue weighted by Gasteiger charge is 2.58. The van der Waals surface area contributed by atoms with Gasteiger partial charge in [-0.15, -0.1) is 0 Å². The van der Waals surface area contributed by atoms with Crippen LogP contribution in [0.2, 0.25) is 0 Å². The summed E-state index contributed by atoms with van der Waals surface area (Å²) in [5, 5.41) is 12.0. The van der Waals surface area contributed by atoms with Crippen molar-refractivity contribution in [3.63, 3.8) is 0 Å². The van der Waals surface area contributed by atoms with Gasteiger partial charge in [0.2, 0.25) is 5.54 Å². The van der Waals surface area contributed by atoms with E-state index in [1.165, 1.54) is 5.32 Å². The first kappa shape index (κ1) is 17.2. The number of urea groups is 1. The van der Waals surface area contributed by atoms with Gasteiger partial charge >= 0.3 is 18.2 Å². The second-order valence-electron chi connectivity index (χ2n) is 4.13. The fraction of sp³-hybridized carbons (Fsp3) is 0.273. The normalized spacial score (nSPS) is 14.2. The van der Waals surface area contributed by atoms with Crippen LogP contribution >= 0.6 is 15.9 Å². The summed E-state index contributed by atoms with van der Waals surface area (Å²) in [6.45, 7) is 0.314. The Bertz CT molecular complexity index is 579. The molecule has 2 amide bonds. The molecular formula is C11H9BrF4N2O3. The first-order chi connectivity index (χ1) is 9.47. The van der Waals surface area contributed by atoms with Crippen LogP contribution in [0.5, 0.6) is 0 Å². The molecule has 1 rings (SSSR count). The lowest BCUT2D eigenvalue weighted by atomic mass is 10.0. The van der Waals surface area contributed by atoms with Gasteiger partial charge in [0.05, 0.1) is 5.69 Å². The lowest BCUT2D eigenvalue weighted by molar-refractivity contribution is -0.203. The summed E-state index contributed by atoms with van der Waals surface area (Å²) in [5.74, 6) is -2.89. The minimum absolute atomic E-state index is 0.0242. The third kappa shape index (κ3) is 3.84. The molecule has 0 aliphatic rings. The predicted molar refractivity (Wildman–Crippen MR) is 68.4 cm³/mol. The Morgan fingerprint density at radius 2 is 1.86 bits per heavy atom. The molecule has 1 aromatic carbocycles. The maximum atomic E-state index is 12.8. The summed E-state index contributed by atoms with van der Waals surface area (Å²) in [6, 6.07) is 1.66. The Labute approximate surface area is 124 Å². The van der Waals surface area contributed by atoms with Crippen LogP contribution in [0.3, 0.4) is 0 Å². The number of carboxylic acids is 1. The second kappa shape index (κ2) is 5.88. The van der Waals surface area contributed by atoms with Crippen LogP contribution in [0.25, 0.3) is 0 Å². The highest BCUT2D eigenvalue weighted by Crippen LogP contribution is 2.30. The summed E-state index contributed by atoms with van der Waals surface area (Å²) in [6.07, 6.45) is -5.20. The lowest BCUT2D eigenvalue weighted by Gasteiger charge is -2.28. The molecule has 116 valence electrons. The molecule has 1 unspecified atom stereocenters. The van der Waals surface area contributed by atoms with Crippen LogP contribution in [-0.2, 0) is 4.79 Å². The van der Waals surface area contributed by atoms with Gasteiger partial charge in [-0.05, 0) is 41.1 Å². The quantitative estimate of drug-likeness (QED) is 0.713. The number of carbonyl (C=O) groups excluding carboxylic acids is 1. The van der Waals surface area contributed by atoms with Crippen LogP contribution in [0.4, 0.5) is 28.0 Å². The number of benzene rings is 1. The zero-order chi connectivity index (χ0) is 16.4. The summed E-state index contributed by atoms with van der Waals surface area (Å²) >= 11 is 2.90. The van der Waals surface area contributed by atoms with E-state index in [1.54, 1.807) is 0 Å². The second-order valence-corrected chi connectivity index (χ2v) is 4.99. The number of alkyl halides is 3. The molecule has 0 radical (unpaired) electrons. The lowest BCUT2D eigenvalue weighted by Crippen LogP contribution is -2.62. The molecule has 21 heavy (non-hydrogen) atoms. The minimum Gasteiger partial charge on any atom is -0.479 e. The van der Waals surface area contributed by atoms with Gasteiger partial charge < -0.3 is 15.7 Å². The summed E-state index contributed by atoms with van der Waals surface area (Å²) < 4.78 is 51.0. The molecular weight excluding hydrogens is 364 g/mol. The first-order valence-corrected chi connectivity index (χ1v) is 6.11. The molecule has 0 aromatic heterocycles. The van der Waals surface area contributed by atoms with Gasteiger partial charge in [0.25, 0.3) is 0 Å². The van der Waals surface area contributed by atoms with Crippen molar-refractivity contribution in [1.82, 2.24) is 5.32 Å². The van der Waals surface area contributed by atoms with E-state index in [2.05, 4.69) is 15.9 Å². The van der Waals surface area contributed by atoms with E-state index >= 15 is 0 Å². The number of hydrogen-bond acceptors (Lipinski definition) is 2. The minimum atomic E-state index is -5.20. The van der Waals surface area contributed by atoms with Crippen LogP contribution in [-0.4, -0.2) is 28.8 Å². The number of carboxylic acid groups (broad SMARTS) is 1. The van der Waals surface area contributed by atoms with Crippen molar-refractivity contribution in [1.29, 1.82) is 0 Å². The summed E-state index contributed by atoms with van der Waals surface area (Å²) in [4.78, 5) is 22.3. The third-order valence-electron chi connectivity index (χ3n) is 2.54. The van der Waals surface area contributed by atoms with Crippen LogP contribution < -0.4 is 10.6 Å². The van der Waals surface area contributed by atoms with E-state index in [4.69, 9.17) is 5.11 Å². The summed E-state index contributed by atoms with van der Waals surface area (Å²) in [5.41, 5.74) is -3.48. The molecule has 0 spiro atoms. The van der Waals surface area contributed by atoms with Gasteiger partial charge in [-0.2, -0.15) is 13.2 Å². The van der Waals surface area contributed by atoms with E-state index in [-0.39, 0.29) is 10.2 Å². The fourth-order valence-electron chi connectivity index (χ4n) is 1.22. The molecule has 0 saturated carbocycles. The molecule has 0 aliphatic heterocycles. The number of anilines is 1. The van der Waals surface area contributed by atoms with Crippen molar-refractivity contribution in [3.05, 3.63) is 28.5 Å². The Morgan fingerprint density at radius 1 is 1.29 bits per heavy atom. The number of aliphatic carboxylic acids is 1. The third-order valence-corrected chi connectivity index (χ3v) is 3.19. The van der Waals surface area contributed by atoms with E-state index in [0.29, 0.717) is 6.92 Å². The van der Waals surface area contributed by atoms with Crippen molar-refractivity contribution in [2.75, 3.05) is 5.32 Å². The first-order valence-electron chi connectivity index (χ1n) is 5.31. The smallest absolute Gasteiger partial charge is 0.422 e. The standard InChI is InChI=1S/C11H9BrF4N2O3/c1-10(8(19)20,11(14,15)16)18-9(21)17-7-3-2-5(13)4-6(7)12/h2-4H,1H3,(H,19,20)(H2,17,18,21). The average molecular weight is 373 g/mol. The van der Waals surface area contributed by atoms with Crippen LogP contribution in [0.15, 0.2) is 22.7 Å². The molecule has 0 heterocycles. The van der Waals surface area contributed by atoms with Crippen LogP contribution in [0, 0.1) is 5.82 Å². The number of nitrogens with one attached hydrogen (secondary N) is 2. The molecule has 0 bridgehead atoms. The highest BCUT2D eigenvalue weighted by molar-refractivity contribution is 9.10. The van der Waals surface area contributed by atoms with E-state index < -0.39 is 29.5 Å². The molecule has 0 aliphatic carbocycles. The number of halogens is 5. The number of rotatable bonds is 3. The zero-order valence-corrected chi connectivity index (χ0v) is 12.0. The van der Waals surface area contributed by atoms with Crippen molar-refractivity contribution >= 4 is 33.6 Å². The molecule has 3 N–H and O–H groups in total. The molecule has 1 atom stereocenters. The fourth-order valence-corrected chi connectivity index (χ4v) is 1.67. The zero-order valence-electron chi connectivity index (χ0n) is 10.4. The maximum Gasteiger partial charge on any atom is 0.422 e. The Hall–Kier alpha value is -1.84. The number of hydrogen-bond donors (Lipinski definition) is 3. The van der Waals surface area contributed by atoms with Gasteiger partial charge in [0.1, 0.15) is 5.82 Å². The number of amides is 2.